The number of nitrogens with zero attached hydrogens (tertiary/aromatic N) is 2. The van der Waals surface area contributed by atoms with E-state index in [1.807, 2.05) is 88.6 Å². The van der Waals surface area contributed by atoms with E-state index in [4.69, 9.17) is 4.74 Å². The van der Waals surface area contributed by atoms with Crippen LogP contribution < -0.4 is 10.1 Å². The van der Waals surface area contributed by atoms with Crippen molar-refractivity contribution in [2.45, 2.75) is 39.7 Å². The van der Waals surface area contributed by atoms with Crippen molar-refractivity contribution in [1.29, 1.82) is 0 Å². The quantitative estimate of drug-likeness (QED) is 0.250. The lowest BCUT2D eigenvalue weighted by atomic mass is 10.00. The molecular formula is C33H39N3O4. The molecule has 0 radical (unpaired) electrons. The molecule has 0 spiro atoms. The van der Waals surface area contributed by atoms with Gasteiger partial charge in [0.2, 0.25) is 0 Å². The Morgan fingerprint density at radius 3 is 2.35 bits per heavy atom. The molecule has 0 unspecified atom stereocenters. The Morgan fingerprint density at radius 1 is 0.975 bits per heavy atom. The van der Waals surface area contributed by atoms with E-state index in [-0.39, 0.29) is 18.4 Å². The van der Waals surface area contributed by atoms with Crippen molar-refractivity contribution in [3.05, 3.63) is 89.6 Å². The number of benzene rings is 3. The minimum absolute atomic E-state index is 0.00108. The summed E-state index contributed by atoms with van der Waals surface area (Å²) in [5.74, 6) is 0.194. The number of fused-ring (bicyclic) bond motifs is 1. The maximum Gasteiger partial charge on any atom is 0.255 e. The number of aliphatic hydroxyl groups excluding tert-OH is 1. The van der Waals surface area contributed by atoms with Crippen molar-refractivity contribution in [3.63, 3.8) is 0 Å². The van der Waals surface area contributed by atoms with Gasteiger partial charge in [0.15, 0.2) is 0 Å². The summed E-state index contributed by atoms with van der Waals surface area (Å²) in [5, 5.41) is 14.3. The molecule has 2 amide bonds. The summed E-state index contributed by atoms with van der Waals surface area (Å²) >= 11 is 0. The maximum atomic E-state index is 13.6. The van der Waals surface area contributed by atoms with Gasteiger partial charge >= 0.3 is 0 Å². The molecule has 4 aromatic rings. The molecule has 0 saturated carbocycles. The van der Waals surface area contributed by atoms with Gasteiger partial charge in [-0.1, -0.05) is 43.3 Å². The molecule has 7 nitrogen and oxygen atoms in total. The zero-order valence-corrected chi connectivity index (χ0v) is 23.8. The van der Waals surface area contributed by atoms with Gasteiger partial charge in [-0.3, -0.25) is 9.59 Å². The van der Waals surface area contributed by atoms with E-state index in [2.05, 4.69) is 22.0 Å². The molecule has 3 aromatic carbocycles. The molecule has 1 atom stereocenters. The fourth-order valence-electron chi connectivity index (χ4n) is 5.00. The van der Waals surface area contributed by atoms with Crippen LogP contribution in [0.15, 0.2) is 72.9 Å². The van der Waals surface area contributed by atoms with Crippen LogP contribution in [-0.4, -0.2) is 58.7 Å². The van der Waals surface area contributed by atoms with Gasteiger partial charge in [0.25, 0.3) is 11.8 Å². The van der Waals surface area contributed by atoms with Crippen LogP contribution in [0.2, 0.25) is 0 Å². The van der Waals surface area contributed by atoms with Gasteiger partial charge in [-0.15, -0.1) is 0 Å². The van der Waals surface area contributed by atoms with Crippen LogP contribution >= 0.6 is 0 Å². The number of nitrogens with one attached hydrogen (secondary N) is 1. The van der Waals surface area contributed by atoms with E-state index in [1.54, 1.807) is 4.90 Å². The zero-order chi connectivity index (χ0) is 28.6. The van der Waals surface area contributed by atoms with Crippen LogP contribution in [0.4, 0.5) is 0 Å². The maximum absolute atomic E-state index is 13.6. The Balaban J connectivity index is 1.58. The number of rotatable bonds is 12. The highest BCUT2D eigenvalue weighted by molar-refractivity contribution is 5.99. The van der Waals surface area contributed by atoms with Crippen LogP contribution in [0.25, 0.3) is 22.0 Å². The zero-order valence-electron chi connectivity index (χ0n) is 23.8. The highest BCUT2D eigenvalue weighted by atomic mass is 16.5. The lowest BCUT2D eigenvalue weighted by Gasteiger charge is -2.19. The average molecular weight is 542 g/mol. The van der Waals surface area contributed by atoms with Crippen molar-refractivity contribution in [1.82, 2.24) is 14.8 Å². The Kier molecular flexibility index (Phi) is 9.61. The van der Waals surface area contributed by atoms with Crippen molar-refractivity contribution in [3.8, 4) is 16.9 Å². The molecule has 0 aliphatic rings. The van der Waals surface area contributed by atoms with Crippen molar-refractivity contribution >= 4 is 22.7 Å². The van der Waals surface area contributed by atoms with Crippen LogP contribution in [0, 0.1) is 0 Å². The molecular weight excluding hydrogens is 502 g/mol. The second-order valence-electron chi connectivity index (χ2n) is 9.95. The molecule has 0 fully saturated rings. The molecule has 0 saturated heterocycles. The Bertz CT molecular complexity index is 1450. The van der Waals surface area contributed by atoms with Gasteiger partial charge in [0.1, 0.15) is 5.75 Å². The van der Waals surface area contributed by atoms with Crippen LogP contribution in [0.5, 0.6) is 5.75 Å². The molecule has 7 heteroatoms. The van der Waals surface area contributed by atoms with E-state index < -0.39 is 6.04 Å². The minimum Gasteiger partial charge on any atom is -0.493 e. The van der Waals surface area contributed by atoms with Gasteiger partial charge in [0, 0.05) is 42.8 Å². The molecule has 2 N–H and O–H groups in total. The molecule has 1 aromatic heterocycles. The normalized spacial score (nSPS) is 11.8. The number of aliphatic hydroxyl groups is 1. The molecule has 1 heterocycles. The molecule has 210 valence electrons. The lowest BCUT2D eigenvalue weighted by molar-refractivity contribution is 0.0772. The fourth-order valence-corrected chi connectivity index (χ4v) is 5.00. The van der Waals surface area contributed by atoms with E-state index >= 15 is 0 Å². The van der Waals surface area contributed by atoms with Gasteiger partial charge in [-0.25, -0.2) is 0 Å². The third-order valence-corrected chi connectivity index (χ3v) is 7.20. The lowest BCUT2D eigenvalue weighted by Crippen LogP contribution is -2.39. The second kappa shape index (κ2) is 13.3. The van der Waals surface area contributed by atoms with E-state index in [0.29, 0.717) is 43.0 Å². The summed E-state index contributed by atoms with van der Waals surface area (Å²) in [5.41, 5.74) is 4.94. The van der Waals surface area contributed by atoms with Crippen molar-refractivity contribution < 1.29 is 19.4 Å². The van der Waals surface area contributed by atoms with Crippen molar-refractivity contribution in [2.24, 2.45) is 7.05 Å². The first-order valence-corrected chi connectivity index (χ1v) is 14.0. The Hall–Kier alpha value is -4.10. The first-order valence-electron chi connectivity index (χ1n) is 14.0. The van der Waals surface area contributed by atoms with E-state index in [1.165, 1.54) is 0 Å². The fraction of sp³-hybridized carbons (Fsp3) is 0.333. The number of carbonyl (C=O) groups excluding carboxylic acids is 2. The predicted molar refractivity (Wildman–Crippen MR) is 160 cm³/mol. The smallest absolute Gasteiger partial charge is 0.255 e. The standard InChI is InChI=1S/C33H39N3O4/c1-5-18-40-31-17-16-25(23-12-14-24(15-13-23)33(39)36(6-2)7-3)20-29(31)32(38)34-27(22-37)19-26-21-35(4)30-11-9-8-10-28(26)30/h8-17,20-21,27,37H,5-7,18-19,22H2,1-4H3,(H,34,38)/t27-/m1/s1. The number of hydrogen-bond donors (Lipinski definition) is 2. The van der Waals surface area contributed by atoms with Crippen LogP contribution in [0.1, 0.15) is 53.5 Å². The molecule has 4 rings (SSSR count). The summed E-state index contributed by atoms with van der Waals surface area (Å²) in [6.45, 7) is 7.56. The number of amides is 2. The third-order valence-electron chi connectivity index (χ3n) is 7.20. The summed E-state index contributed by atoms with van der Waals surface area (Å²) < 4.78 is 7.98. The predicted octanol–water partition coefficient (Wildman–Crippen LogP) is 5.45. The van der Waals surface area contributed by atoms with Gasteiger partial charge in [-0.05, 0) is 73.7 Å². The summed E-state index contributed by atoms with van der Waals surface area (Å²) in [6.07, 6.45) is 3.35. The largest absolute Gasteiger partial charge is 0.493 e. The highest BCUT2D eigenvalue weighted by Gasteiger charge is 2.20. The van der Waals surface area contributed by atoms with Gasteiger partial charge in [-0.2, -0.15) is 0 Å². The Morgan fingerprint density at radius 2 is 1.68 bits per heavy atom. The molecule has 40 heavy (non-hydrogen) atoms. The van der Waals surface area contributed by atoms with Crippen LogP contribution in [0.3, 0.4) is 0 Å². The minimum atomic E-state index is -0.466. The van der Waals surface area contributed by atoms with Crippen LogP contribution in [-0.2, 0) is 13.5 Å². The molecule has 0 aliphatic heterocycles. The first-order chi connectivity index (χ1) is 19.4. The number of para-hydroxylation sites is 1. The first kappa shape index (κ1) is 28.9. The third kappa shape index (κ3) is 6.37. The van der Waals surface area contributed by atoms with Gasteiger partial charge in [0.05, 0.1) is 24.8 Å². The van der Waals surface area contributed by atoms with Gasteiger partial charge < -0.3 is 24.6 Å². The second-order valence-corrected chi connectivity index (χ2v) is 9.95. The van der Waals surface area contributed by atoms with E-state index in [0.717, 1.165) is 34.0 Å². The average Bonchev–Trinajstić information content (AvgIpc) is 3.31. The number of aromatic nitrogens is 1. The highest BCUT2D eigenvalue weighted by Crippen LogP contribution is 2.28. The topological polar surface area (TPSA) is 83.8 Å². The summed E-state index contributed by atoms with van der Waals surface area (Å²) in [6, 6.07) is 20.6. The number of aryl methyl sites for hydroxylation is 1. The molecule has 0 aliphatic carbocycles. The molecule has 0 bridgehead atoms. The SMILES string of the molecule is CCCOc1ccc(-c2ccc(C(=O)N(CC)CC)cc2)cc1C(=O)N[C@@H](CO)Cc1cn(C)c2ccccc12. The van der Waals surface area contributed by atoms with E-state index in [9.17, 15) is 14.7 Å². The number of ether oxygens (including phenoxy) is 1. The Labute approximate surface area is 236 Å². The van der Waals surface area contributed by atoms with Crippen molar-refractivity contribution in [2.75, 3.05) is 26.3 Å². The number of hydrogen-bond acceptors (Lipinski definition) is 4. The summed E-state index contributed by atoms with van der Waals surface area (Å²) in [7, 11) is 1.99. The summed E-state index contributed by atoms with van der Waals surface area (Å²) in [4.78, 5) is 28.1. The number of carbonyl (C=O) groups is 2. The monoisotopic (exact) mass is 541 g/mol.